The van der Waals surface area contributed by atoms with Gasteiger partial charge in [-0.25, -0.2) is 4.98 Å². The molecule has 0 aromatic carbocycles. The highest BCUT2D eigenvalue weighted by molar-refractivity contribution is 7.10. The van der Waals surface area contributed by atoms with Crippen molar-refractivity contribution in [1.82, 2.24) is 14.9 Å². The predicted molar refractivity (Wildman–Crippen MR) is 90.1 cm³/mol. The molecule has 0 bridgehead atoms. The molecule has 0 unspecified atom stereocenters. The van der Waals surface area contributed by atoms with Gasteiger partial charge in [-0.3, -0.25) is 4.79 Å². The summed E-state index contributed by atoms with van der Waals surface area (Å²) >= 11 is 1.62. The number of thiophene rings is 1. The number of hydrogen-bond donors (Lipinski definition) is 1. The number of amides is 1. The molecule has 1 N–H and O–H groups in total. The van der Waals surface area contributed by atoms with E-state index in [2.05, 4.69) is 34.1 Å². The fraction of sp³-hybridized carbons (Fsp3) is 0.294. The molecular weight excluding hydrogens is 294 g/mol. The predicted octanol–water partition coefficient (Wildman–Crippen LogP) is 3.02. The highest BCUT2D eigenvalue weighted by Crippen LogP contribution is 2.19. The van der Waals surface area contributed by atoms with Crippen molar-refractivity contribution < 1.29 is 4.79 Å². The third-order valence-corrected chi connectivity index (χ3v) is 4.56. The Morgan fingerprint density at radius 3 is 3.05 bits per heavy atom. The summed E-state index contributed by atoms with van der Waals surface area (Å²) in [5, 5.41) is 6.17. The Labute approximate surface area is 133 Å². The molecule has 4 nitrogen and oxygen atoms in total. The van der Waals surface area contributed by atoms with Gasteiger partial charge in [0.2, 0.25) is 5.91 Å². The first-order valence-electron chi connectivity index (χ1n) is 7.49. The number of nitrogens with one attached hydrogen (secondary N) is 1. The largest absolute Gasteiger partial charge is 0.355 e. The van der Waals surface area contributed by atoms with Crippen molar-refractivity contribution in [3.05, 3.63) is 52.5 Å². The minimum absolute atomic E-state index is 0.0832. The quantitative estimate of drug-likeness (QED) is 0.760. The Morgan fingerprint density at radius 1 is 1.36 bits per heavy atom. The van der Waals surface area contributed by atoms with E-state index in [-0.39, 0.29) is 5.91 Å². The topological polar surface area (TPSA) is 46.9 Å². The van der Waals surface area contributed by atoms with Gasteiger partial charge in [-0.05, 0) is 42.5 Å². The average Bonchev–Trinajstić information content (AvgIpc) is 3.15. The van der Waals surface area contributed by atoms with E-state index in [1.165, 1.54) is 10.9 Å². The zero-order valence-corrected chi connectivity index (χ0v) is 13.4. The minimum atomic E-state index is 0.0832. The fourth-order valence-corrected chi connectivity index (χ4v) is 3.31. The second-order valence-corrected chi connectivity index (χ2v) is 6.20. The van der Waals surface area contributed by atoms with Gasteiger partial charge in [0, 0.05) is 35.7 Å². The van der Waals surface area contributed by atoms with Crippen LogP contribution >= 0.6 is 11.3 Å². The smallest absolute Gasteiger partial charge is 0.225 e. The number of aryl methyl sites for hydroxylation is 1. The molecule has 3 heterocycles. The number of pyridine rings is 1. The van der Waals surface area contributed by atoms with E-state index < -0.39 is 0 Å². The van der Waals surface area contributed by atoms with Gasteiger partial charge < -0.3 is 9.88 Å². The lowest BCUT2D eigenvalue weighted by atomic mass is 10.1. The van der Waals surface area contributed by atoms with Gasteiger partial charge in [0.25, 0.3) is 0 Å². The lowest BCUT2D eigenvalue weighted by molar-refractivity contribution is -0.120. The van der Waals surface area contributed by atoms with Crippen molar-refractivity contribution in [2.45, 2.75) is 26.3 Å². The van der Waals surface area contributed by atoms with Gasteiger partial charge in [0.1, 0.15) is 5.65 Å². The Morgan fingerprint density at radius 2 is 2.27 bits per heavy atom. The molecule has 114 valence electrons. The molecule has 0 spiro atoms. The van der Waals surface area contributed by atoms with Crippen LogP contribution in [0.5, 0.6) is 0 Å². The molecule has 0 saturated carbocycles. The van der Waals surface area contributed by atoms with Crippen LogP contribution in [0.1, 0.15) is 17.4 Å². The molecular formula is C17H19N3OS. The number of rotatable bonds is 6. The highest BCUT2D eigenvalue weighted by Gasteiger charge is 2.09. The number of hydrogen-bond acceptors (Lipinski definition) is 3. The number of aromatic nitrogens is 2. The molecule has 0 radical (unpaired) electrons. The van der Waals surface area contributed by atoms with E-state index in [9.17, 15) is 4.79 Å². The number of fused-ring (bicyclic) bond motifs is 1. The molecule has 3 aromatic heterocycles. The maximum absolute atomic E-state index is 11.9. The van der Waals surface area contributed by atoms with E-state index in [1.807, 2.05) is 29.8 Å². The summed E-state index contributed by atoms with van der Waals surface area (Å²) in [7, 11) is 0. The number of carbonyl (C=O) groups excluding carboxylic acids is 1. The second kappa shape index (κ2) is 6.75. The van der Waals surface area contributed by atoms with Crippen LogP contribution in [0.4, 0.5) is 0 Å². The van der Waals surface area contributed by atoms with Crippen LogP contribution in [-0.2, 0) is 24.2 Å². The standard InChI is InChI=1S/C17H19N3OS/c1-2-20-12-13(15-6-3-8-19-17(15)20)7-9-18-16(21)11-14-5-4-10-22-14/h3-6,8,10,12H,2,7,9,11H2,1H3,(H,18,21). The molecule has 0 aliphatic carbocycles. The summed E-state index contributed by atoms with van der Waals surface area (Å²) in [6.07, 6.45) is 5.26. The van der Waals surface area contributed by atoms with E-state index in [0.717, 1.165) is 23.5 Å². The molecule has 3 rings (SSSR count). The van der Waals surface area contributed by atoms with Crippen LogP contribution in [0.25, 0.3) is 11.0 Å². The van der Waals surface area contributed by atoms with Crippen molar-refractivity contribution in [2.24, 2.45) is 0 Å². The number of carbonyl (C=O) groups is 1. The van der Waals surface area contributed by atoms with E-state index in [0.29, 0.717) is 13.0 Å². The zero-order chi connectivity index (χ0) is 15.4. The summed E-state index contributed by atoms with van der Waals surface area (Å²) in [4.78, 5) is 17.4. The Kier molecular flexibility index (Phi) is 4.53. The van der Waals surface area contributed by atoms with Crippen LogP contribution in [0.2, 0.25) is 0 Å². The lowest BCUT2D eigenvalue weighted by Gasteiger charge is -2.03. The van der Waals surface area contributed by atoms with E-state index >= 15 is 0 Å². The van der Waals surface area contributed by atoms with Crippen LogP contribution < -0.4 is 5.32 Å². The maximum atomic E-state index is 11.9. The van der Waals surface area contributed by atoms with Crippen molar-refractivity contribution in [3.8, 4) is 0 Å². The molecule has 1 amide bonds. The Balaban J connectivity index is 1.61. The van der Waals surface area contributed by atoms with Gasteiger partial charge in [-0.15, -0.1) is 11.3 Å². The number of nitrogens with zero attached hydrogens (tertiary/aromatic N) is 2. The molecule has 22 heavy (non-hydrogen) atoms. The summed E-state index contributed by atoms with van der Waals surface area (Å²) in [5.74, 6) is 0.0832. The van der Waals surface area contributed by atoms with Gasteiger partial charge >= 0.3 is 0 Å². The first-order valence-corrected chi connectivity index (χ1v) is 8.37. The van der Waals surface area contributed by atoms with Gasteiger partial charge in [0.15, 0.2) is 0 Å². The van der Waals surface area contributed by atoms with Crippen LogP contribution in [0, 0.1) is 0 Å². The van der Waals surface area contributed by atoms with Gasteiger partial charge in [-0.1, -0.05) is 6.07 Å². The molecule has 5 heteroatoms. The minimum Gasteiger partial charge on any atom is -0.355 e. The van der Waals surface area contributed by atoms with Crippen molar-refractivity contribution in [2.75, 3.05) is 6.54 Å². The van der Waals surface area contributed by atoms with Crippen LogP contribution in [0.3, 0.4) is 0 Å². The molecule has 0 atom stereocenters. The van der Waals surface area contributed by atoms with E-state index in [4.69, 9.17) is 0 Å². The second-order valence-electron chi connectivity index (χ2n) is 5.17. The Hall–Kier alpha value is -2.14. The van der Waals surface area contributed by atoms with Crippen molar-refractivity contribution in [1.29, 1.82) is 0 Å². The maximum Gasteiger partial charge on any atom is 0.225 e. The SMILES string of the molecule is CCn1cc(CCNC(=O)Cc2cccs2)c2cccnc21. The van der Waals surface area contributed by atoms with Crippen LogP contribution in [0.15, 0.2) is 42.0 Å². The zero-order valence-electron chi connectivity index (χ0n) is 12.6. The highest BCUT2D eigenvalue weighted by atomic mass is 32.1. The normalized spacial score (nSPS) is 11.0. The molecule has 0 aliphatic rings. The summed E-state index contributed by atoms with van der Waals surface area (Å²) in [6.45, 7) is 3.67. The third-order valence-electron chi connectivity index (χ3n) is 3.69. The Bertz CT molecular complexity index is 761. The first-order chi connectivity index (χ1) is 10.8. The summed E-state index contributed by atoms with van der Waals surface area (Å²) in [6, 6.07) is 8.02. The summed E-state index contributed by atoms with van der Waals surface area (Å²) in [5.41, 5.74) is 2.26. The third kappa shape index (κ3) is 3.20. The van der Waals surface area contributed by atoms with Crippen LogP contribution in [-0.4, -0.2) is 22.0 Å². The van der Waals surface area contributed by atoms with Gasteiger partial charge in [0.05, 0.1) is 6.42 Å². The first kappa shape index (κ1) is 14.8. The molecule has 0 saturated heterocycles. The summed E-state index contributed by atoms with van der Waals surface area (Å²) < 4.78 is 2.15. The average molecular weight is 313 g/mol. The molecule has 3 aromatic rings. The van der Waals surface area contributed by atoms with Gasteiger partial charge in [-0.2, -0.15) is 0 Å². The molecule has 0 aliphatic heterocycles. The monoisotopic (exact) mass is 313 g/mol. The van der Waals surface area contributed by atoms with Crippen molar-refractivity contribution >= 4 is 28.3 Å². The fourth-order valence-electron chi connectivity index (χ4n) is 2.61. The van der Waals surface area contributed by atoms with Crippen molar-refractivity contribution in [3.63, 3.8) is 0 Å². The molecule has 0 fully saturated rings. The lowest BCUT2D eigenvalue weighted by Crippen LogP contribution is -2.26. The van der Waals surface area contributed by atoms with E-state index in [1.54, 1.807) is 11.3 Å².